The Hall–Kier alpha value is -2.61. The first-order chi connectivity index (χ1) is 9.84. The zero-order valence-corrected chi connectivity index (χ0v) is 11.4. The minimum absolute atomic E-state index is 1.07. The third-order valence-electron chi connectivity index (χ3n) is 3.32. The van der Waals surface area contributed by atoms with Gasteiger partial charge in [0.25, 0.3) is 0 Å². The second kappa shape index (κ2) is 5.57. The highest BCUT2D eigenvalue weighted by atomic mass is 15.4. The molecule has 0 aromatic heterocycles. The van der Waals surface area contributed by atoms with Gasteiger partial charge in [-0.25, -0.2) is 0 Å². The summed E-state index contributed by atoms with van der Waals surface area (Å²) in [5, 5.41) is 8.86. The Labute approximate surface area is 119 Å². The average Bonchev–Trinajstić information content (AvgIpc) is 2.53. The van der Waals surface area contributed by atoms with E-state index in [1.165, 1.54) is 10.8 Å². The van der Waals surface area contributed by atoms with Crippen LogP contribution in [0.3, 0.4) is 0 Å². The largest absolute Gasteiger partial charge is 0.269 e. The van der Waals surface area contributed by atoms with E-state index in [0.717, 1.165) is 11.3 Å². The lowest BCUT2D eigenvalue weighted by Crippen LogP contribution is -2.08. The first-order valence-electron chi connectivity index (χ1n) is 6.65. The lowest BCUT2D eigenvalue weighted by atomic mass is 10.1. The summed E-state index contributed by atoms with van der Waals surface area (Å²) in [6.07, 6.45) is 1.91. The van der Waals surface area contributed by atoms with Gasteiger partial charge in [0, 0.05) is 12.6 Å². The Kier molecular flexibility index (Phi) is 3.46. The third kappa shape index (κ3) is 2.54. The van der Waals surface area contributed by atoms with E-state index >= 15 is 0 Å². The molecule has 0 radical (unpaired) electrons. The molecule has 20 heavy (non-hydrogen) atoms. The SMILES string of the molecule is CN(N=Cc1cccc2ccccc12)c1ccccc1. The van der Waals surface area contributed by atoms with E-state index < -0.39 is 0 Å². The van der Waals surface area contributed by atoms with Crippen LogP contribution < -0.4 is 5.01 Å². The van der Waals surface area contributed by atoms with Crippen LogP contribution in [0.15, 0.2) is 77.9 Å². The van der Waals surface area contributed by atoms with Gasteiger partial charge in [0.15, 0.2) is 0 Å². The summed E-state index contributed by atoms with van der Waals surface area (Å²) in [7, 11) is 1.96. The Morgan fingerprint density at radius 2 is 1.50 bits per heavy atom. The number of anilines is 1. The van der Waals surface area contributed by atoms with E-state index in [1.54, 1.807) is 0 Å². The minimum Gasteiger partial charge on any atom is -0.269 e. The minimum atomic E-state index is 1.07. The van der Waals surface area contributed by atoms with Crippen LogP contribution in [0.1, 0.15) is 5.56 Å². The van der Waals surface area contributed by atoms with E-state index in [-0.39, 0.29) is 0 Å². The summed E-state index contributed by atoms with van der Waals surface area (Å²) in [4.78, 5) is 0. The van der Waals surface area contributed by atoms with Crippen LogP contribution in [-0.2, 0) is 0 Å². The molecule has 0 saturated carbocycles. The predicted molar refractivity (Wildman–Crippen MR) is 86.4 cm³/mol. The van der Waals surface area contributed by atoms with Gasteiger partial charge in [-0.05, 0) is 22.9 Å². The van der Waals surface area contributed by atoms with Crippen LogP contribution in [0.4, 0.5) is 5.69 Å². The Morgan fingerprint density at radius 1 is 0.800 bits per heavy atom. The molecule has 3 rings (SSSR count). The lowest BCUT2D eigenvalue weighted by Gasteiger charge is -2.12. The molecule has 98 valence electrons. The molecule has 0 aliphatic heterocycles. The second-order valence-corrected chi connectivity index (χ2v) is 4.67. The Bertz CT molecular complexity index is 727. The normalized spacial score (nSPS) is 11.1. The Balaban J connectivity index is 1.91. The lowest BCUT2D eigenvalue weighted by molar-refractivity contribution is 1.02. The predicted octanol–water partition coefficient (Wildman–Crippen LogP) is 4.31. The molecular weight excluding hydrogens is 244 g/mol. The standard InChI is InChI=1S/C18H16N2/c1-20(17-11-3-2-4-12-17)19-14-16-10-7-9-15-8-5-6-13-18(15)16/h2-14H,1H3. The van der Waals surface area contributed by atoms with Gasteiger partial charge in [-0.3, -0.25) is 5.01 Å². The van der Waals surface area contributed by atoms with E-state index in [9.17, 15) is 0 Å². The highest BCUT2D eigenvalue weighted by Crippen LogP contribution is 2.17. The van der Waals surface area contributed by atoms with Crippen molar-refractivity contribution in [1.82, 2.24) is 0 Å². The molecule has 3 aromatic rings. The summed E-state index contributed by atoms with van der Waals surface area (Å²) >= 11 is 0. The van der Waals surface area contributed by atoms with E-state index in [0.29, 0.717) is 0 Å². The number of hydrogen-bond donors (Lipinski definition) is 0. The van der Waals surface area contributed by atoms with Gasteiger partial charge in [0.2, 0.25) is 0 Å². The van der Waals surface area contributed by atoms with Crippen molar-refractivity contribution in [1.29, 1.82) is 0 Å². The van der Waals surface area contributed by atoms with Crippen molar-refractivity contribution in [3.63, 3.8) is 0 Å². The third-order valence-corrected chi connectivity index (χ3v) is 3.32. The van der Waals surface area contributed by atoms with Crippen LogP contribution in [0, 0.1) is 0 Å². The molecule has 2 nitrogen and oxygen atoms in total. The topological polar surface area (TPSA) is 15.6 Å². The summed E-state index contributed by atoms with van der Waals surface area (Å²) in [6, 6.07) is 24.7. The summed E-state index contributed by atoms with van der Waals surface area (Å²) < 4.78 is 0. The molecule has 0 spiro atoms. The van der Waals surface area contributed by atoms with Crippen molar-refractivity contribution in [2.75, 3.05) is 12.1 Å². The fraction of sp³-hybridized carbons (Fsp3) is 0.0556. The van der Waals surface area contributed by atoms with E-state index in [4.69, 9.17) is 0 Å². The van der Waals surface area contributed by atoms with Gasteiger partial charge in [0.1, 0.15) is 0 Å². The van der Waals surface area contributed by atoms with Crippen molar-refractivity contribution in [2.45, 2.75) is 0 Å². The fourth-order valence-corrected chi connectivity index (χ4v) is 2.22. The molecule has 0 heterocycles. The van der Waals surface area contributed by atoms with E-state index in [2.05, 4.69) is 47.6 Å². The van der Waals surface area contributed by atoms with Gasteiger partial charge >= 0.3 is 0 Å². The zero-order valence-electron chi connectivity index (χ0n) is 11.4. The maximum atomic E-state index is 4.52. The summed E-state index contributed by atoms with van der Waals surface area (Å²) in [6.45, 7) is 0. The number of hydrogen-bond acceptors (Lipinski definition) is 2. The summed E-state index contributed by atoms with van der Waals surface area (Å²) in [5.74, 6) is 0. The van der Waals surface area contributed by atoms with Crippen molar-refractivity contribution in [3.05, 3.63) is 78.4 Å². The maximum absolute atomic E-state index is 4.52. The van der Waals surface area contributed by atoms with Crippen LogP contribution in [0.2, 0.25) is 0 Å². The highest BCUT2D eigenvalue weighted by molar-refractivity contribution is 5.99. The molecule has 0 atom stereocenters. The number of para-hydroxylation sites is 1. The first kappa shape index (κ1) is 12.4. The highest BCUT2D eigenvalue weighted by Gasteiger charge is 1.99. The van der Waals surface area contributed by atoms with Crippen LogP contribution >= 0.6 is 0 Å². The van der Waals surface area contributed by atoms with Crippen LogP contribution in [-0.4, -0.2) is 13.3 Å². The molecule has 0 fully saturated rings. The monoisotopic (exact) mass is 260 g/mol. The van der Waals surface area contributed by atoms with Gasteiger partial charge in [-0.15, -0.1) is 0 Å². The first-order valence-corrected chi connectivity index (χ1v) is 6.65. The molecule has 2 heteroatoms. The van der Waals surface area contributed by atoms with Crippen LogP contribution in [0.25, 0.3) is 10.8 Å². The molecule has 3 aromatic carbocycles. The van der Waals surface area contributed by atoms with E-state index in [1.807, 2.05) is 48.6 Å². The molecule has 0 aliphatic rings. The number of fused-ring (bicyclic) bond motifs is 1. The number of nitrogens with zero attached hydrogens (tertiary/aromatic N) is 2. The van der Waals surface area contributed by atoms with Gasteiger partial charge in [-0.2, -0.15) is 5.10 Å². The van der Waals surface area contributed by atoms with Crippen molar-refractivity contribution in [2.24, 2.45) is 5.10 Å². The van der Waals surface area contributed by atoms with Crippen molar-refractivity contribution < 1.29 is 0 Å². The molecule has 0 amide bonds. The average molecular weight is 260 g/mol. The van der Waals surface area contributed by atoms with Crippen molar-refractivity contribution in [3.8, 4) is 0 Å². The molecule has 0 bridgehead atoms. The van der Waals surface area contributed by atoms with Gasteiger partial charge in [-0.1, -0.05) is 60.7 Å². The molecule has 0 aliphatic carbocycles. The fourth-order valence-electron chi connectivity index (χ4n) is 2.22. The number of benzene rings is 3. The van der Waals surface area contributed by atoms with Gasteiger partial charge in [0.05, 0.1) is 11.9 Å². The number of rotatable bonds is 3. The smallest absolute Gasteiger partial charge is 0.0590 e. The zero-order chi connectivity index (χ0) is 13.8. The Morgan fingerprint density at radius 3 is 2.35 bits per heavy atom. The summed E-state index contributed by atoms with van der Waals surface area (Å²) in [5.41, 5.74) is 2.20. The maximum Gasteiger partial charge on any atom is 0.0590 e. The number of hydrazone groups is 1. The van der Waals surface area contributed by atoms with Gasteiger partial charge < -0.3 is 0 Å². The second-order valence-electron chi connectivity index (χ2n) is 4.67. The molecule has 0 N–H and O–H groups in total. The molecule has 0 saturated heterocycles. The van der Waals surface area contributed by atoms with Crippen LogP contribution in [0.5, 0.6) is 0 Å². The van der Waals surface area contributed by atoms with Crippen molar-refractivity contribution >= 4 is 22.7 Å². The molecular formula is C18H16N2. The quantitative estimate of drug-likeness (QED) is 0.506. The molecule has 0 unspecified atom stereocenters.